The highest BCUT2D eigenvalue weighted by Gasteiger charge is 2.21. The molecule has 2 N–H and O–H groups in total. The minimum Gasteiger partial charge on any atom is -0.411 e. The van der Waals surface area contributed by atoms with Crippen LogP contribution in [0.2, 0.25) is 0 Å². The monoisotopic (exact) mass is 166 g/mol. The number of rotatable bonds is 1. The molecule has 0 saturated heterocycles. The van der Waals surface area contributed by atoms with Gasteiger partial charge in [0, 0.05) is 11.6 Å². The Hall–Kier alpha value is -1.25. The van der Waals surface area contributed by atoms with Gasteiger partial charge >= 0.3 is 0 Å². The third-order valence-corrected chi connectivity index (χ3v) is 1.66. The van der Waals surface area contributed by atoms with Crippen molar-refractivity contribution in [2.24, 2.45) is 10.6 Å². The van der Waals surface area contributed by atoms with Crippen LogP contribution in [0.1, 0.15) is 26.5 Å². The predicted octanol–water partition coefficient (Wildman–Crippen LogP) is 2.24. The van der Waals surface area contributed by atoms with E-state index in [0.717, 1.165) is 5.69 Å². The summed E-state index contributed by atoms with van der Waals surface area (Å²) in [6.07, 6.45) is 1.81. The van der Waals surface area contributed by atoms with Crippen LogP contribution in [-0.2, 0) is 0 Å². The lowest BCUT2D eigenvalue weighted by Crippen LogP contribution is -2.21. The molecule has 0 aromatic carbocycles. The Kier molecular flexibility index (Phi) is 2.22. The lowest BCUT2D eigenvalue weighted by Gasteiger charge is -2.18. The SMILES string of the molecule is CC(C)(C)/C(=N/O)c1ccc[nH]1. The van der Waals surface area contributed by atoms with E-state index in [4.69, 9.17) is 5.21 Å². The summed E-state index contributed by atoms with van der Waals surface area (Å²) in [5.41, 5.74) is 1.40. The largest absolute Gasteiger partial charge is 0.411 e. The van der Waals surface area contributed by atoms with Crippen LogP contribution >= 0.6 is 0 Å². The van der Waals surface area contributed by atoms with Crippen molar-refractivity contribution in [3.8, 4) is 0 Å². The number of oxime groups is 1. The normalized spacial score (nSPS) is 13.4. The van der Waals surface area contributed by atoms with Crippen LogP contribution in [0.4, 0.5) is 0 Å². The molecule has 3 heteroatoms. The molecule has 1 aromatic heterocycles. The molecule has 0 atom stereocenters. The summed E-state index contributed by atoms with van der Waals surface area (Å²) in [4.78, 5) is 3.00. The fourth-order valence-electron chi connectivity index (χ4n) is 1.09. The van der Waals surface area contributed by atoms with E-state index in [1.165, 1.54) is 0 Å². The van der Waals surface area contributed by atoms with Crippen molar-refractivity contribution < 1.29 is 5.21 Å². The predicted molar refractivity (Wildman–Crippen MR) is 48.6 cm³/mol. The molecule has 1 rings (SSSR count). The number of nitrogens with one attached hydrogen (secondary N) is 1. The van der Waals surface area contributed by atoms with Gasteiger partial charge in [0.05, 0.1) is 5.69 Å². The van der Waals surface area contributed by atoms with Crippen LogP contribution in [0.3, 0.4) is 0 Å². The molecule has 0 unspecified atom stereocenters. The van der Waals surface area contributed by atoms with Gasteiger partial charge in [-0.2, -0.15) is 0 Å². The average Bonchev–Trinajstić information content (AvgIpc) is 2.38. The van der Waals surface area contributed by atoms with E-state index in [1.54, 1.807) is 0 Å². The molecule has 0 amide bonds. The zero-order chi connectivity index (χ0) is 9.19. The molecule has 0 bridgehead atoms. The van der Waals surface area contributed by atoms with Gasteiger partial charge in [0.25, 0.3) is 0 Å². The zero-order valence-corrected chi connectivity index (χ0v) is 7.63. The Morgan fingerprint density at radius 3 is 2.50 bits per heavy atom. The fraction of sp³-hybridized carbons (Fsp3) is 0.444. The van der Waals surface area contributed by atoms with Crippen molar-refractivity contribution in [2.75, 3.05) is 0 Å². The van der Waals surface area contributed by atoms with Gasteiger partial charge in [-0.05, 0) is 12.1 Å². The first-order valence-electron chi connectivity index (χ1n) is 3.92. The van der Waals surface area contributed by atoms with Crippen LogP contribution in [0, 0.1) is 5.41 Å². The van der Waals surface area contributed by atoms with E-state index in [2.05, 4.69) is 10.1 Å². The van der Waals surface area contributed by atoms with Gasteiger partial charge in [0.15, 0.2) is 0 Å². The highest BCUT2D eigenvalue weighted by atomic mass is 16.4. The van der Waals surface area contributed by atoms with Gasteiger partial charge < -0.3 is 10.2 Å². The third-order valence-electron chi connectivity index (χ3n) is 1.66. The second-order valence-electron chi connectivity index (χ2n) is 3.78. The molecule has 0 saturated carbocycles. The molecular formula is C9H14N2O. The molecule has 0 fully saturated rings. The second kappa shape index (κ2) is 3.01. The summed E-state index contributed by atoms with van der Waals surface area (Å²) in [5, 5.41) is 12.1. The van der Waals surface area contributed by atoms with Gasteiger partial charge in [-0.15, -0.1) is 0 Å². The van der Waals surface area contributed by atoms with E-state index in [0.29, 0.717) is 5.71 Å². The molecule has 0 radical (unpaired) electrons. The van der Waals surface area contributed by atoms with E-state index < -0.39 is 0 Å². The van der Waals surface area contributed by atoms with E-state index in [-0.39, 0.29) is 5.41 Å². The molecule has 3 nitrogen and oxygen atoms in total. The Labute approximate surface area is 72.1 Å². The molecule has 0 aliphatic rings. The molecule has 0 spiro atoms. The first-order valence-corrected chi connectivity index (χ1v) is 3.92. The standard InChI is InChI=1S/C9H14N2O/c1-9(2,3)8(11-12)7-5-4-6-10-7/h4-6,10,12H,1-3H3/b11-8+. The number of hydrogen-bond acceptors (Lipinski definition) is 2. The van der Waals surface area contributed by atoms with Crippen molar-refractivity contribution in [1.82, 2.24) is 4.98 Å². The van der Waals surface area contributed by atoms with Crippen LogP contribution in [0.25, 0.3) is 0 Å². The Morgan fingerprint density at radius 2 is 2.17 bits per heavy atom. The summed E-state index contributed by atoms with van der Waals surface area (Å²) >= 11 is 0. The van der Waals surface area contributed by atoms with Gasteiger partial charge in [-0.1, -0.05) is 25.9 Å². The fourth-order valence-corrected chi connectivity index (χ4v) is 1.09. The van der Waals surface area contributed by atoms with E-state index >= 15 is 0 Å². The summed E-state index contributed by atoms with van der Waals surface area (Å²) in [5.74, 6) is 0. The third kappa shape index (κ3) is 1.67. The molecular weight excluding hydrogens is 152 g/mol. The minimum atomic E-state index is -0.139. The van der Waals surface area contributed by atoms with Crippen LogP contribution in [-0.4, -0.2) is 15.9 Å². The second-order valence-corrected chi connectivity index (χ2v) is 3.78. The number of aromatic nitrogens is 1. The van der Waals surface area contributed by atoms with Crippen molar-refractivity contribution in [1.29, 1.82) is 0 Å². The quantitative estimate of drug-likeness (QED) is 0.375. The molecule has 0 aliphatic carbocycles. The molecule has 1 heterocycles. The first-order chi connectivity index (χ1) is 5.55. The van der Waals surface area contributed by atoms with Gasteiger partial charge in [0.2, 0.25) is 0 Å². The van der Waals surface area contributed by atoms with Gasteiger partial charge in [-0.25, -0.2) is 0 Å². The zero-order valence-electron chi connectivity index (χ0n) is 7.63. The maximum Gasteiger partial charge on any atom is 0.108 e. The molecule has 66 valence electrons. The highest BCUT2D eigenvalue weighted by molar-refractivity contribution is 6.02. The number of H-pyrrole nitrogens is 1. The van der Waals surface area contributed by atoms with E-state index in [1.807, 2.05) is 39.1 Å². The molecule has 1 aromatic rings. The number of hydrogen-bond donors (Lipinski definition) is 2. The lowest BCUT2D eigenvalue weighted by molar-refractivity contribution is 0.311. The molecule has 12 heavy (non-hydrogen) atoms. The smallest absolute Gasteiger partial charge is 0.108 e. The Bertz CT molecular complexity index is 267. The minimum absolute atomic E-state index is 0.139. The number of aromatic amines is 1. The summed E-state index contributed by atoms with van der Waals surface area (Å²) in [6.45, 7) is 6.01. The summed E-state index contributed by atoms with van der Waals surface area (Å²) in [6, 6.07) is 3.77. The van der Waals surface area contributed by atoms with Crippen LogP contribution < -0.4 is 0 Å². The maximum absolute atomic E-state index is 8.80. The van der Waals surface area contributed by atoms with Crippen LogP contribution in [0.15, 0.2) is 23.5 Å². The van der Waals surface area contributed by atoms with Crippen molar-refractivity contribution in [2.45, 2.75) is 20.8 Å². The summed E-state index contributed by atoms with van der Waals surface area (Å²) in [7, 11) is 0. The van der Waals surface area contributed by atoms with Crippen molar-refractivity contribution in [3.05, 3.63) is 24.0 Å². The maximum atomic E-state index is 8.80. The highest BCUT2D eigenvalue weighted by Crippen LogP contribution is 2.20. The lowest BCUT2D eigenvalue weighted by atomic mass is 9.88. The number of nitrogens with zero attached hydrogens (tertiary/aromatic N) is 1. The first kappa shape index (κ1) is 8.84. The van der Waals surface area contributed by atoms with Crippen LogP contribution in [0.5, 0.6) is 0 Å². The Balaban J connectivity index is 3.01. The average molecular weight is 166 g/mol. The summed E-state index contributed by atoms with van der Waals surface area (Å²) < 4.78 is 0. The molecule has 0 aliphatic heterocycles. The van der Waals surface area contributed by atoms with E-state index in [9.17, 15) is 0 Å². The van der Waals surface area contributed by atoms with Crippen molar-refractivity contribution in [3.63, 3.8) is 0 Å². The van der Waals surface area contributed by atoms with Gasteiger partial charge in [0.1, 0.15) is 5.71 Å². The van der Waals surface area contributed by atoms with Gasteiger partial charge in [-0.3, -0.25) is 0 Å². The Morgan fingerprint density at radius 1 is 1.50 bits per heavy atom. The van der Waals surface area contributed by atoms with Crippen molar-refractivity contribution >= 4 is 5.71 Å². The topological polar surface area (TPSA) is 48.4 Å².